The lowest BCUT2D eigenvalue weighted by molar-refractivity contribution is -0.123. The molecule has 0 saturated heterocycles. The van der Waals surface area contributed by atoms with Crippen LogP contribution in [0.1, 0.15) is 49.1 Å². The van der Waals surface area contributed by atoms with Gasteiger partial charge in [0.05, 0.1) is 12.2 Å². The quantitative estimate of drug-likeness (QED) is 0.897. The molecule has 1 aromatic rings. The van der Waals surface area contributed by atoms with Crippen LogP contribution in [0.25, 0.3) is 0 Å². The predicted octanol–water partition coefficient (Wildman–Crippen LogP) is 2.17. The summed E-state index contributed by atoms with van der Waals surface area (Å²) in [7, 11) is 1.95. The van der Waals surface area contributed by atoms with Crippen molar-refractivity contribution in [2.75, 3.05) is 13.6 Å². The Morgan fingerprint density at radius 2 is 2.05 bits per heavy atom. The number of nitrogens with zero attached hydrogens (tertiary/aromatic N) is 2. The molecule has 112 valence electrons. The lowest BCUT2D eigenvalue weighted by atomic mass is 9.95. The number of amides is 1. The van der Waals surface area contributed by atoms with Crippen LogP contribution >= 0.6 is 0 Å². The van der Waals surface area contributed by atoms with Crippen molar-refractivity contribution in [3.8, 4) is 0 Å². The summed E-state index contributed by atoms with van der Waals surface area (Å²) in [5.41, 5.74) is 1.99. The second kappa shape index (κ2) is 6.88. The lowest BCUT2D eigenvalue weighted by Gasteiger charge is -2.24. The minimum atomic E-state index is 0.117. The largest absolute Gasteiger partial charge is 0.361 e. The van der Waals surface area contributed by atoms with E-state index in [0.717, 1.165) is 29.9 Å². The van der Waals surface area contributed by atoms with Crippen LogP contribution in [0.3, 0.4) is 0 Å². The molecule has 20 heavy (non-hydrogen) atoms. The molecule has 1 aromatic heterocycles. The van der Waals surface area contributed by atoms with Gasteiger partial charge >= 0.3 is 0 Å². The Labute approximate surface area is 120 Å². The maximum absolute atomic E-state index is 12.0. The lowest BCUT2D eigenvalue weighted by Crippen LogP contribution is -2.41. The van der Waals surface area contributed by atoms with Crippen LogP contribution in [0.5, 0.6) is 0 Å². The van der Waals surface area contributed by atoms with E-state index in [2.05, 4.69) is 10.5 Å². The van der Waals surface area contributed by atoms with Crippen LogP contribution in [-0.4, -0.2) is 35.6 Å². The first-order chi connectivity index (χ1) is 9.56. The molecule has 1 saturated carbocycles. The van der Waals surface area contributed by atoms with Gasteiger partial charge in [0.2, 0.25) is 5.91 Å². The van der Waals surface area contributed by atoms with Crippen LogP contribution in [-0.2, 0) is 11.3 Å². The molecule has 0 spiro atoms. The Morgan fingerprint density at radius 1 is 1.35 bits per heavy atom. The van der Waals surface area contributed by atoms with Gasteiger partial charge in [0.15, 0.2) is 0 Å². The molecule has 1 amide bonds. The highest BCUT2D eigenvalue weighted by Crippen LogP contribution is 2.17. The van der Waals surface area contributed by atoms with Gasteiger partial charge in [-0.3, -0.25) is 9.69 Å². The Bertz CT molecular complexity index is 430. The molecule has 0 atom stereocenters. The summed E-state index contributed by atoms with van der Waals surface area (Å²) in [5.74, 6) is 0.952. The van der Waals surface area contributed by atoms with Crippen LogP contribution in [0.15, 0.2) is 4.52 Å². The molecule has 0 aromatic carbocycles. The summed E-state index contributed by atoms with van der Waals surface area (Å²) < 4.78 is 5.15. The van der Waals surface area contributed by atoms with Crippen LogP contribution in [0, 0.1) is 13.8 Å². The minimum absolute atomic E-state index is 0.117. The van der Waals surface area contributed by atoms with Gasteiger partial charge in [0.1, 0.15) is 5.76 Å². The summed E-state index contributed by atoms with van der Waals surface area (Å²) >= 11 is 0. The fourth-order valence-corrected chi connectivity index (χ4v) is 2.82. The first-order valence-corrected chi connectivity index (χ1v) is 7.46. The van der Waals surface area contributed by atoms with Gasteiger partial charge in [0, 0.05) is 18.2 Å². The van der Waals surface area contributed by atoms with E-state index in [1.165, 1.54) is 19.3 Å². The molecular formula is C15H25N3O2. The zero-order valence-corrected chi connectivity index (χ0v) is 12.7. The first-order valence-electron chi connectivity index (χ1n) is 7.46. The third-order valence-corrected chi connectivity index (χ3v) is 3.99. The summed E-state index contributed by atoms with van der Waals surface area (Å²) in [5, 5.41) is 7.08. The zero-order chi connectivity index (χ0) is 14.5. The van der Waals surface area contributed by atoms with E-state index in [4.69, 9.17) is 4.52 Å². The second-order valence-corrected chi connectivity index (χ2v) is 5.88. The summed E-state index contributed by atoms with van der Waals surface area (Å²) in [6.07, 6.45) is 6.02. The van der Waals surface area contributed by atoms with E-state index >= 15 is 0 Å². The Balaban J connectivity index is 1.78. The second-order valence-electron chi connectivity index (χ2n) is 5.88. The zero-order valence-electron chi connectivity index (χ0n) is 12.7. The molecule has 1 aliphatic rings. The van der Waals surface area contributed by atoms with Gasteiger partial charge in [-0.1, -0.05) is 24.4 Å². The smallest absolute Gasteiger partial charge is 0.234 e. The fraction of sp³-hybridized carbons (Fsp3) is 0.733. The topological polar surface area (TPSA) is 58.4 Å². The number of rotatable bonds is 5. The van der Waals surface area contributed by atoms with E-state index in [1.807, 2.05) is 25.8 Å². The van der Waals surface area contributed by atoms with E-state index in [0.29, 0.717) is 19.1 Å². The molecular weight excluding hydrogens is 254 g/mol. The third kappa shape index (κ3) is 4.07. The van der Waals surface area contributed by atoms with Crippen molar-refractivity contribution < 1.29 is 9.32 Å². The number of carbonyl (C=O) groups excluding carboxylic acids is 1. The third-order valence-electron chi connectivity index (χ3n) is 3.99. The predicted molar refractivity (Wildman–Crippen MR) is 77.3 cm³/mol. The molecule has 0 bridgehead atoms. The molecule has 2 rings (SSSR count). The van der Waals surface area contributed by atoms with Crippen molar-refractivity contribution >= 4 is 5.91 Å². The summed E-state index contributed by atoms with van der Waals surface area (Å²) in [6, 6.07) is 0.378. The summed E-state index contributed by atoms with van der Waals surface area (Å²) in [4.78, 5) is 14.0. The monoisotopic (exact) mass is 279 g/mol. The number of hydrogen-bond donors (Lipinski definition) is 1. The highest BCUT2D eigenvalue weighted by atomic mass is 16.5. The van der Waals surface area contributed by atoms with E-state index in [9.17, 15) is 4.79 Å². The van der Waals surface area contributed by atoms with Crippen molar-refractivity contribution in [3.63, 3.8) is 0 Å². The van der Waals surface area contributed by atoms with Gasteiger partial charge in [-0.2, -0.15) is 0 Å². The molecule has 5 heteroatoms. The average molecular weight is 279 g/mol. The first kappa shape index (κ1) is 15.0. The van der Waals surface area contributed by atoms with Crippen molar-refractivity contribution in [2.24, 2.45) is 0 Å². The number of carbonyl (C=O) groups is 1. The standard InChI is InChI=1S/C15H25N3O2/c1-11-14(12(2)20-17-11)9-18(3)10-15(19)16-13-7-5-4-6-8-13/h13H,4-10H2,1-3H3,(H,16,19). The van der Waals surface area contributed by atoms with Gasteiger partial charge < -0.3 is 9.84 Å². The summed E-state index contributed by atoms with van der Waals surface area (Å²) in [6.45, 7) is 4.95. The Kier molecular flexibility index (Phi) is 5.17. The number of aryl methyl sites for hydroxylation is 2. The van der Waals surface area contributed by atoms with E-state index in [-0.39, 0.29) is 5.91 Å². The number of hydrogen-bond acceptors (Lipinski definition) is 4. The fourth-order valence-electron chi connectivity index (χ4n) is 2.82. The Hall–Kier alpha value is -1.36. The molecule has 1 heterocycles. The van der Waals surface area contributed by atoms with Crippen molar-refractivity contribution in [3.05, 3.63) is 17.0 Å². The molecule has 0 unspecified atom stereocenters. The van der Waals surface area contributed by atoms with Gasteiger partial charge in [-0.25, -0.2) is 0 Å². The normalized spacial score (nSPS) is 16.6. The van der Waals surface area contributed by atoms with E-state index < -0.39 is 0 Å². The highest BCUT2D eigenvalue weighted by molar-refractivity contribution is 5.78. The van der Waals surface area contributed by atoms with Crippen molar-refractivity contribution in [1.29, 1.82) is 0 Å². The maximum Gasteiger partial charge on any atom is 0.234 e. The van der Waals surface area contributed by atoms with E-state index in [1.54, 1.807) is 0 Å². The van der Waals surface area contributed by atoms with Gasteiger partial charge in [-0.15, -0.1) is 0 Å². The van der Waals surface area contributed by atoms with Crippen LogP contribution in [0.4, 0.5) is 0 Å². The number of aromatic nitrogens is 1. The van der Waals surface area contributed by atoms with Gasteiger partial charge in [0.25, 0.3) is 0 Å². The van der Waals surface area contributed by atoms with Crippen LogP contribution in [0.2, 0.25) is 0 Å². The van der Waals surface area contributed by atoms with Crippen molar-refractivity contribution in [2.45, 2.75) is 58.5 Å². The molecule has 0 radical (unpaired) electrons. The SMILES string of the molecule is Cc1noc(C)c1CN(C)CC(=O)NC1CCCCC1. The molecule has 1 aliphatic carbocycles. The highest BCUT2D eigenvalue weighted by Gasteiger charge is 2.17. The molecule has 5 nitrogen and oxygen atoms in total. The van der Waals surface area contributed by atoms with Crippen LogP contribution < -0.4 is 5.32 Å². The molecule has 1 fully saturated rings. The van der Waals surface area contributed by atoms with Crippen molar-refractivity contribution in [1.82, 2.24) is 15.4 Å². The molecule has 0 aliphatic heterocycles. The minimum Gasteiger partial charge on any atom is -0.361 e. The Morgan fingerprint density at radius 3 is 2.65 bits per heavy atom. The maximum atomic E-state index is 12.0. The number of nitrogens with one attached hydrogen (secondary N) is 1. The molecule has 1 N–H and O–H groups in total. The van der Waals surface area contributed by atoms with Gasteiger partial charge in [-0.05, 0) is 33.7 Å². The number of likely N-dealkylation sites (N-methyl/N-ethyl adjacent to an activating group) is 1. The average Bonchev–Trinajstić information content (AvgIpc) is 2.71.